The fourth-order valence-electron chi connectivity index (χ4n) is 3.91. The summed E-state index contributed by atoms with van der Waals surface area (Å²) < 4.78 is 2.25. The van der Waals surface area contributed by atoms with Crippen molar-refractivity contribution in [2.45, 2.75) is 17.5 Å². The number of aliphatic hydroxyl groups is 1. The minimum Gasteiger partial charge on any atom is -0.390 e. The van der Waals surface area contributed by atoms with Gasteiger partial charge in [0.05, 0.1) is 6.10 Å². The fraction of sp³-hybridized carbons (Fsp3) is 0.120. The Morgan fingerprint density at radius 3 is 2.04 bits per heavy atom. The second kappa shape index (κ2) is 7.34. The quantitative estimate of drug-likeness (QED) is 0.371. The molecule has 0 unspecified atom stereocenters. The predicted octanol–water partition coefficient (Wildman–Crippen LogP) is 6.10. The molecule has 0 spiro atoms. The number of aromatic nitrogens is 1. The molecule has 28 heavy (non-hydrogen) atoms. The largest absolute Gasteiger partial charge is 0.390 e. The van der Waals surface area contributed by atoms with Gasteiger partial charge in [0.1, 0.15) is 0 Å². The molecule has 0 saturated heterocycles. The highest BCUT2D eigenvalue weighted by molar-refractivity contribution is 7.99. The van der Waals surface area contributed by atoms with Gasteiger partial charge in [0.2, 0.25) is 0 Å². The first-order chi connectivity index (χ1) is 13.8. The van der Waals surface area contributed by atoms with Crippen LogP contribution in [0.2, 0.25) is 0 Å². The van der Waals surface area contributed by atoms with Crippen LogP contribution in [0, 0.1) is 0 Å². The number of para-hydroxylation sites is 2. The van der Waals surface area contributed by atoms with Crippen molar-refractivity contribution in [3.63, 3.8) is 0 Å². The molecule has 138 valence electrons. The molecule has 1 atom stereocenters. The Balaban J connectivity index is 1.38. The lowest BCUT2D eigenvalue weighted by molar-refractivity contribution is 0.181. The maximum absolute atomic E-state index is 10.8. The summed E-state index contributed by atoms with van der Waals surface area (Å²) >= 11 is 1.71. The van der Waals surface area contributed by atoms with Crippen molar-refractivity contribution >= 4 is 44.3 Å². The number of nitrogens with zero attached hydrogens (tertiary/aromatic N) is 1. The van der Waals surface area contributed by atoms with Crippen molar-refractivity contribution in [1.29, 1.82) is 0 Å². The van der Waals surface area contributed by atoms with Crippen LogP contribution >= 0.6 is 11.8 Å². The maximum atomic E-state index is 10.8. The Bertz CT molecular complexity index is 1220. The normalized spacial score (nSPS) is 12.8. The number of aliphatic hydroxyl groups excluding tert-OH is 1. The van der Waals surface area contributed by atoms with E-state index < -0.39 is 6.10 Å². The third-order valence-electron chi connectivity index (χ3n) is 5.24. The van der Waals surface area contributed by atoms with Crippen molar-refractivity contribution in [3.8, 4) is 0 Å². The maximum Gasteiger partial charge on any atom is 0.0813 e. The minimum atomic E-state index is -0.421. The Kier molecular flexibility index (Phi) is 4.55. The predicted molar refractivity (Wildman–Crippen MR) is 120 cm³/mol. The molecule has 0 radical (unpaired) electrons. The van der Waals surface area contributed by atoms with Gasteiger partial charge in [-0.2, -0.15) is 0 Å². The fourth-order valence-corrected chi connectivity index (χ4v) is 4.78. The topological polar surface area (TPSA) is 25.2 Å². The van der Waals surface area contributed by atoms with Gasteiger partial charge in [0.15, 0.2) is 0 Å². The summed E-state index contributed by atoms with van der Waals surface area (Å²) in [5.41, 5.74) is 2.36. The summed E-state index contributed by atoms with van der Waals surface area (Å²) in [7, 11) is 0. The van der Waals surface area contributed by atoms with Crippen LogP contribution in [0.4, 0.5) is 0 Å². The van der Waals surface area contributed by atoms with Crippen LogP contribution in [-0.2, 0) is 6.54 Å². The monoisotopic (exact) mass is 383 g/mol. The summed E-state index contributed by atoms with van der Waals surface area (Å²) in [6.45, 7) is 0.592. The molecule has 1 N–H and O–H groups in total. The van der Waals surface area contributed by atoms with Crippen molar-refractivity contribution in [2.75, 3.05) is 5.75 Å². The van der Waals surface area contributed by atoms with Crippen LogP contribution in [0.1, 0.15) is 0 Å². The van der Waals surface area contributed by atoms with E-state index in [0.717, 1.165) is 0 Å². The van der Waals surface area contributed by atoms with Crippen LogP contribution in [0.3, 0.4) is 0 Å². The zero-order chi connectivity index (χ0) is 18.9. The summed E-state index contributed by atoms with van der Waals surface area (Å²) in [6, 6.07) is 31.7. The zero-order valence-electron chi connectivity index (χ0n) is 15.5. The average molecular weight is 384 g/mol. The van der Waals surface area contributed by atoms with Gasteiger partial charge < -0.3 is 9.67 Å². The van der Waals surface area contributed by atoms with Crippen LogP contribution in [-0.4, -0.2) is 21.5 Å². The molecule has 1 aromatic heterocycles. The van der Waals surface area contributed by atoms with Crippen molar-refractivity contribution in [1.82, 2.24) is 4.57 Å². The number of fused-ring (bicyclic) bond motifs is 4. The highest BCUT2D eigenvalue weighted by Crippen LogP contribution is 2.30. The van der Waals surface area contributed by atoms with E-state index in [4.69, 9.17) is 0 Å². The first-order valence-electron chi connectivity index (χ1n) is 9.55. The highest BCUT2D eigenvalue weighted by atomic mass is 32.2. The first-order valence-corrected chi connectivity index (χ1v) is 10.5. The lowest BCUT2D eigenvalue weighted by Gasteiger charge is -2.14. The Hall–Kier alpha value is -2.75. The van der Waals surface area contributed by atoms with Gasteiger partial charge in [-0.25, -0.2) is 0 Å². The molecule has 2 nitrogen and oxygen atoms in total. The molecule has 0 fully saturated rings. The number of hydrogen-bond acceptors (Lipinski definition) is 2. The van der Waals surface area contributed by atoms with E-state index in [0.29, 0.717) is 12.3 Å². The molecule has 0 aliphatic heterocycles. The lowest BCUT2D eigenvalue weighted by Crippen LogP contribution is -2.18. The standard InChI is InChI=1S/C25H21NOS/c27-20(17-28-21-14-13-18-7-1-2-8-19(18)15-21)16-26-24-11-5-3-9-22(24)23-10-4-6-12-25(23)26/h1-15,20,27H,16-17H2/t20-/m1/s1. The van der Waals surface area contributed by atoms with E-state index in [1.54, 1.807) is 11.8 Å². The van der Waals surface area contributed by atoms with Crippen LogP contribution in [0.5, 0.6) is 0 Å². The molecule has 0 bridgehead atoms. The Morgan fingerprint density at radius 1 is 0.714 bits per heavy atom. The third-order valence-corrected chi connectivity index (χ3v) is 6.38. The molecule has 5 rings (SSSR count). The molecule has 5 aromatic rings. The molecule has 0 saturated carbocycles. The van der Waals surface area contributed by atoms with Crippen LogP contribution in [0.15, 0.2) is 95.9 Å². The van der Waals surface area contributed by atoms with E-state index in [1.165, 1.54) is 37.5 Å². The summed E-state index contributed by atoms with van der Waals surface area (Å²) in [4.78, 5) is 1.19. The Labute approximate surface area is 168 Å². The number of rotatable bonds is 5. The Morgan fingerprint density at radius 2 is 1.32 bits per heavy atom. The van der Waals surface area contributed by atoms with Gasteiger partial charge in [-0.15, -0.1) is 11.8 Å². The average Bonchev–Trinajstić information content (AvgIpc) is 3.06. The van der Waals surface area contributed by atoms with E-state index in [2.05, 4.69) is 95.6 Å². The smallest absolute Gasteiger partial charge is 0.0813 e. The molecule has 0 amide bonds. The van der Waals surface area contributed by atoms with Gasteiger partial charge in [-0.05, 0) is 35.0 Å². The van der Waals surface area contributed by atoms with E-state index in [-0.39, 0.29) is 0 Å². The third kappa shape index (κ3) is 3.17. The van der Waals surface area contributed by atoms with Crippen LogP contribution < -0.4 is 0 Å². The lowest BCUT2D eigenvalue weighted by atomic mass is 10.1. The van der Waals surface area contributed by atoms with Gasteiger partial charge in [0, 0.05) is 39.0 Å². The van der Waals surface area contributed by atoms with Crippen molar-refractivity contribution < 1.29 is 5.11 Å². The van der Waals surface area contributed by atoms with Gasteiger partial charge in [-0.1, -0.05) is 66.7 Å². The molecular formula is C25H21NOS. The highest BCUT2D eigenvalue weighted by Gasteiger charge is 2.13. The van der Waals surface area contributed by atoms with Gasteiger partial charge in [0.25, 0.3) is 0 Å². The number of benzene rings is 4. The second-order valence-electron chi connectivity index (χ2n) is 7.12. The molecular weight excluding hydrogens is 362 g/mol. The number of hydrogen-bond donors (Lipinski definition) is 1. The van der Waals surface area contributed by atoms with E-state index >= 15 is 0 Å². The molecule has 4 aromatic carbocycles. The van der Waals surface area contributed by atoms with Crippen molar-refractivity contribution in [3.05, 3.63) is 91.0 Å². The first kappa shape index (κ1) is 17.4. The van der Waals surface area contributed by atoms with Gasteiger partial charge in [-0.3, -0.25) is 0 Å². The zero-order valence-corrected chi connectivity index (χ0v) is 16.3. The summed E-state index contributed by atoms with van der Waals surface area (Å²) in [5, 5.41) is 15.7. The van der Waals surface area contributed by atoms with E-state index in [9.17, 15) is 5.11 Å². The van der Waals surface area contributed by atoms with E-state index in [1.807, 2.05) is 0 Å². The summed E-state index contributed by atoms with van der Waals surface area (Å²) in [5.74, 6) is 0.666. The molecule has 1 heterocycles. The SMILES string of the molecule is O[C@@H](CSc1ccc2ccccc2c1)Cn1c2ccccc2c2ccccc21. The number of thioether (sulfide) groups is 1. The summed E-state index contributed by atoms with van der Waals surface area (Å²) in [6.07, 6.45) is -0.421. The molecule has 0 aliphatic carbocycles. The van der Waals surface area contributed by atoms with Crippen LogP contribution in [0.25, 0.3) is 32.6 Å². The molecule has 0 aliphatic rings. The molecule has 3 heteroatoms. The second-order valence-corrected chi connectivity index (χ2v) is 8.21. The van der Waals surface area contributed by atoms with Crippen molar-refractivity contribution in [2.24, 2.45) is 0 Å². The minimum absolute atomic E-state index is 0.421. The van der Waals surface area contributed by atoms with Gasteiger partial charge >= 0.3 is 0 Å².